The Balaban J connectivity index is 0.00000300. The largest absolute Gasteiger partial charge is 0.494 e. The second-order valence-corrected chi connectivity index (χ2v) is 8.39. The molecule has 1 aromatic rings. The van der Waals surface area contributed by atoms with Crippen molar-refractivity contribution >= 4 is 34.3 Å². The number of rotatable bonds is 7. The number of hydrogen-bond acceptors (Lipinski definition) is 9. The number of hydrogen-bond donors (Lipinski definition) is 3. The smallest absolute Gasteiger partial charge is 0.238 e. The second-order valence-electron chi connectivity index (χ2n) is 6.83. The van der Waals surface area contributed by atoms with Gasteiger partial charge in [-0.3, -0.25) is 4.84 Å². The van der Waals surface area contributed by atoms with Gasteiger partial charge in [-0.05, 0) is 49.9 Å². The molecule has 1 spiro atoms. The van der Waals surface area contributed by atoms with Crippen molar-refractivity contribution in [2.75, 3.05) is 13.2 Å². The first-order valence-electron chi connectivity index (χ1n) is 9.18. The molecular weight excluding hydrogens is 420 g/mol. The summed E-state index contributed by atoms with van der Waals surface area (Å²) >= 11 is 0. The molecule has 10 nitrogen and oxygen atoms in total. The maximum atomic E-state index is 11.2. The van der Waals surface area contributed by atoms with Crippen LogP contribution in [0, 0.1) is 0 Å². The van der Waals surface area contributed by atoms with Crippen molar-refractivity contribution in [2.24, 2.45) is 26.6 Å². The predicted molar refractivity (Wildman–Crippen MR) is 112 cm³/mol. The number of hydroxylamine groups is 2. The number of nitrogens with two attached hydrogens (primary N) is 3. The molecule has 1 heterocycles. The third kappa shape index (κ3) is 5.72. The van der Waals surface area contributed by atoms with E-state index in [1.807, 2.05) is 0 Å². The minimum Gasteiger partial charge on any atom is -0.494 e. The normalized spacial score (nSPS) is 18.6. The molecular formula is C17H27ClN6O4S. The summed E-state index contributed by atoms with van der Waals surface area (Å²) in [5.41, 5.74) is 11.3. The fourth-order valence-corrected chi connectivity index (χ4v) is 3.92. The van der Waals surface area contributed by atoms with E-state index in [1.165, 1.54) is 12.1 Å². The lowest BCUT2D eigenvalue weighted by atomic mass is 9.89. The number of halogens is 1. The van der Waals surface area contributed by atoms with Crippen LogP contribution >= 0.6 is 12.4 Å². The van der Waals surface area contributed by atoms with Crippen molar-refractivity contribution in [3.63, 3.8) is 0 Å². The number of benzene rings is 1. The molecule has 0 unspecified atom stereocenters. The van der Waals surface area contributed by atoms with Gasteiger partial charge in [-0.25, -0.2) is 18.5 Å². The van der Waals surface area contributed by atoms with Gasteiger partial charge in [-0.15, -0.1) is 12.4 Å². The quantitative estimate of drug-likeness (QED) is 0.528. The molecule has 1 aromatic carbocycles. The molecule has 1 aliphatic heterocycles. The highest BCUT2D eigenvalue weighted by Gasteiger charge is 2.42. The van der Waals surface area contributed by atoms with Gasteiger partial charge in [0.05, 0.1) is 18.1 Å². The molecule has 0 saturated heterocycles. The van der Waals surface area contributed by atoms with Crippen molar-refractivity contribution in [2.45, 2.75) is 49.1 Å². The topological polar surface area (TPSA) is 159 Å². The van der Waals surface area contributed by atoms with Crippen LogP contribution in [0.25, 0.3) is 0 Å². The maximum Gasteiger partial charge on any atom is 0.238 e. The van der Waals surface area contributed by atoms with Crippen LogP contribution in [-0.4, -0.2) is 44.3 Å². The average molecular weight is 447 g/mol. The summed E-state index contributed by atoms with van der Waals surface area (Å²) < 4.78 is 28.1. The van der Waals surface area contributed by atoms with Gasteiger partial charge in [-0.2, -0.15) is 10.1 Å². The maximum absolute atomic E-state index is 11.2. The van der Waals surface area contributed by atoms with Crippen LogP contribution in [0.15, 0.2) is 39.1 Å². The Labute approximate surface area is 176 Å². The first-order chi connectivity index (χ1) is 13.3. The van der Waals surface area contributed by atoms with E-state index >= 15 is 0 Å². The van der Waals surface area contributed by atoms with Gasteiger partial charge in [0.2, 0.25) is 21.9 Å². The molecule has 3 rings (SSSR count). The summed E-state index contributed by atoms with van der Waals surface area (Å²) in [6.45, 7) is 0.751. The lowest BCUT2D eigenvalue weighted by Crippen LogP contribution is -2.57. The predicted octanol–water partition coefficient (Wildman–Crippen LogP) is 1.06. The molecule has 29 heavy (non-hydrogen) atoms. The van der Waals surface area contributed by atoms with Crippen molar-refractivity contribution in [3.8, 4) is 5.75 Å². The fourth-order valence-electron chi connectivity index (χ4n) is 3.41. The molecule has 162 valence electrons. The van der Waals surface area contributed by atoms with Gasteiger partial charge >= 0.3 is 0 Å². The lowest BCUT2D eigenvalue weighted by Gasteiger charge is -2.44. The number of primary sulfonamides is 1. The number of aliphatic imine (C=N–C) groups is 2. The van der Waals surface area contributed by atoms with Crippen LogP contribution in [0.1, 0.15) is 38.5 Å². The second kappa shape index (κ2) is 9.61. The number of ether oxygens (including phenoxy) is 1. The van der Waals surface area contributed by atoms with Gasteiger partial charge in [0.25, 0.3) is 0 Å². The number of sulfonamides is 1. The first kappa shape index (κ1) is 23.2. The highest BCUT2D eigenvalue weighted by atomic mass is 35.5. The van der Waals surface area contributed by atoms with E-state index in [2.05, 4.69) is 9.98 Å². The van der Waals surface area contributed by atoms with Crippen molar-refractivity contribution in [3.05, 3.63) is 24.3 Å². The van der Waals surface area contributed by atoms with E-state index in [4.69, 9.17) is 26.2 Å². The minimum absolute atomic E-state index is 0. The zero-order chi connectivity index (χ0) is 20.2. The zero-order valence-electron chi connectivity index (χ0n) is 16.0. The number of nitrogens with zero attached hydrogens (tertiary/aromatic N) is 3. The van der Waals surface area contributed by atoms with Crippen LogP contribution < -0.4 is 21.3 Å². The van der Waals surface area contributed by atoms with Crippen molar-refractivity contribution in [1.82, 2.24) is 5.06 Å². The highest BCUT2D eigenvalue weighted by Crippen LogP contribution is 2.36. The van der Waals surface area contributed by atoms with E-state index in [0.717, 1.165) is 32.1 Å². The molecule has 2 aliphatic rings. The van der Waals surface area contributed by atoms with Crippen molar-refractivity contribution in [1.29, 1.82) is 0 Å². The summed E-state index contributed by atoms with van der Waals surface area (Å²) in [6, 6.07) is 5.93. The Morgan fingerprint density at radius 3 is 2.34 bits per heavy atom. The first-order valence-corrected chi connectivity index (χ1v) is 10.7. The van der Waals surface area contributed by atoms with E-state index in [9.17, 15) is 8.42 Å². The molecule has 1 saturated carbocycles. The average Bonchev–Trinajstić information content (AvgIpc) is 2.63. The Hall–Kier alpha value is -2.08. The van der Waals surface area contributed by atoms with E-state index in [1.54, 1.807) is 17.2 Å². The molecule has 0 bridgehead atoms. The van der Waals surface area contributed by atoms with Gasteiger partial charge in [0.15, 0.2) is 5.66 Å². The Kier molecular flexibility index (Phi) is 7.69. The molecule has 1 fully saturated rings. The zero-order valence-corrected chi connectivity index (χ0v) is 17.6. The standard InChI is InChI=1S/C17H26N6O4S.ClH/c18-15-21-16(19)23(17(22-15)9-2-1-3-10-17)27-12-4-11-26-13-5-7-14(8-6-13)28(20,24)25;/h5-8H,1-4,9-12H2,(H2,20,24,25)(H4,18,19,21,22);1H. The molecule has 6 N–H and O–H groups in total. The summed E-state index contributed by atoms with van der Waals surface area (Å²) in [6.07, 6.45) is 5.44. The van der Waals surface area contributed by atoms with E-state index < -0.39 is 15.7 Å². The summed E-state index contributed by atoms with van der Waals surface area (Å²) in [7, 11) is -3.71. The monoisotopic (exact) mass is 446 g/mol. The Morgan fingerprint density at radius 1 is 1.07 bits per heavy atom. The van der Waals surface area contributed by atoms with Crippen LogP contribution in [0.5, 0.6) is 5.75 Å². The molecule has 0 amide bonds. The van der Waals surface area contributed by atoms with Crippen molar-refractivity contribution < 1.29 is 18.0 Å². The van der Waals surface area contributed by atoms with E-state index in [0.29, 0.717) is 25.4 Å². The van der Waals surface area contributed by atoms with Gasteiger partial charge in [0, 0.05) is 6.42 Å². The van der Waals surface area contributed by atoms with Crippen LogP contribution in [0.3, 0.4) is 0 Å². The fraction of sp³-hybridized carbons (Fsp3) is 0.529. The van der Waals surface area contributed by atoms with Gasteiger partial charge in [0.1, 0.15) is 5.75 Å². The molecule has 0 aromatic heterocycles. The molecule has 1 aliphatic carbocycles. The molecule has 0 atom stereocenters. The SMILES string of the molecule is Cl.NC1=NC2(CCCCC2)N(OCCCOc2ccc(S(N)(=O)=O)cc2)C(N)=N1. The van der Waals surface area contributed by atoms with E-state index in [-0.39, 0.29) is 29.2 Å². The third-order valence-corrected chi connectivity index (χ3v) is 5.65. The van der Waals surface area contributed by atoms with Crippen LogP contribution in [-0.2, 0) is 14.9 Å². The molecule has 12 heteroatoms. The summed E-state index contributed by atoms with van der Waals surface area (Å²) in [4.78, 5) is 14.5. The lowest BCUT2D eigenvalue weighted by molar-refractivity contribution is -0.178. The Bertz CT molecular complexity index is 853. The van der Waals surface area contributed by atoms with Crippen LogP contribution in [0.2, 0.25) is 0 Å². The Morgan fingerprint density at radius 2 is 1.72 bits per heavy atom. The van der Waals surface area contributed by atoms with Gasteiger partial charge in [-0.1, -0.05) is 6.42 Å². The highest BCUT2D eigenvalue weighted by molar-refractivity contribution is 7.89. The molecule has 0 radical (unpaired) electrons. The van der Waals surface area contributed by atoms with Gasteiger partial charge < -0.3 is 16.2 Å². The number of guanidine groups is 2. The third-order valence-electron chi connectivity index (χ3n) is 4.72. The summed E-state index contributed by atoms with van der Waals surface area (Å²) in [5, 5.41) is 6.66. The van der Waals surface area contributed by atoms with Crippen LogP contribution in [0.4, 0.5) is 0 Å². The summed E-state index contributed by atoms with van der Waals surface area (Å²) in [5.74, 6) is 0.951. The minimum atomic E-state index is -3.71.